The van der Waals surface area contributed by atoms with Gasteiger partial charge in [-0.25, -0.2) is 14.2 Å². The summed E-state index contributed by atoms with van der Waals surface area (Å²) in [6, 6.07) is 3.38. The van der Waals surface area contributed by atoms with Gasteiger partial charge in [-0.1, -0.05) is 5.16 Å². The quantitative estimate of drug-likeness (QED) is 0.294. The summed E-state index contributed by atoms with van der Waals surface area (Å²) >= 11 is 3.03. The van der Waals surface area contributed by atoms with Crippen LogP contribution in [0.5, 0.6) is 0 Å². The third-order valence-corrected chi connectivity index (χ3v) is 3.30. The van der Waals surface area contributed by atoms with Crippen LogP contribution in [0.1, 0.15) is 5.69 Å². The Kier molecular flexibility index (Phi) is 6.23. The Bertz CT molecular complexity index is 752. The molecule has 0 bridgehead atoms. The Morgan fingerprint density at radius 2 is 2.25 bits per heavy atom. The number of carbonyl (C=O) groups is 1. The fourth-order valence-electron chi connectivity index (χ4n) is 1.65. The van der Waals surface area contributed by atoms with Crippen molar-refractivity contribution >= 4 is 39.2 Å². The molecule has 24 heavy (non-hydrogen) atoms. The average Bonchev–Trinajstić information content (AvgIpc) is 3.01. The van der Waals surface area contributed by atoms with E-state index in [2.05, 4.69) is 36.7 Å². The monoisotopic (exact) mass is 401 g/mol. The van der Waals surface area contributed by atoms with Crippen molar-refractivity contribution in [3.8, 4) is 0 Å². The number of carbonyl (C=O) groups excluding carboxylic acids is 1. The zero-order chi connectivity index (χ0) is 17.5. The van der Waals surface area contributed by atoms with Crippen LogP contribution in [0.2, 0.25) is 0 Å². The SMILES string of the molecule is O=C(NCCO)Nc1conc1C(=Nc1ccc(F)c(Br)c1)NO. The number of aliphatic hydroxyl groups excluding tert-OH is 1. The Hall–Kier alpha value is -2.50. The molecule has 11 heteroatoms. The number of nitrogens with zero attached hydrogens (tertiary/aromatic N) is 2. The van der Waals surface area contributed by atoms with Gasteiger partial charge in [-0.3, -0.25) is 10.7 Å². The maximum atomic E-state index is 13.2. The number of amidine groups is 1. The third kappa shape index (κ3) is 4.50. The van der Waals surface area contributed by atoms with Gasteiger partial charge in [-0.2, -0.15) is 0 Å². The summed E-state index contributed by atoms with van der Waals surface area (Å²) in [7, 11) is 0. The van der Waals surface area contributed by atoms with Crippen molar-refractivity contribution in [1.82, 2.24) is 16.0 Å². The van der Waals surface area contributed by atoms with Crippen LogP contribution in [0.15, 0.2) is 38.5 Å². The topological polar surface area (TPSA) is 132 Å². The molecule has 0 radical (unpaired) electrons. The minimum atomic E-state index is -0.602. The van der Waals surface area contributed by atoms with Gasteiger partial charge in [0.05, 0.1) is 16.8 Å². The minimum Gasteiger partial charge on any atom is -0.395 e. The molecule has 1 aromatic carbocycles. The molecule has 128 valence electrons. The maximum Gasteiger partial charge on any atom is 0.319 e. The molecule has 9 nitrogen and oxygen atoms in total. The lowest BCUT2D eigenvalue weighted by atomic mass is 10.3. The molecule has 5 N–H and O–H groups in total. The van der Waals surface area contributed by atoms with E-state index < -0.39 is 11.8 Å². The number of aromatic nitrogens is 1. The highest BCUT2D eigenvalue weighted by molar-refractivity contribution is 9.10. The van der Waals surface area contributed by atoms with Crippen LogP contribution in [0.3, 0.4) is 0 Å². The first kappa shape index (κ1) is 17.8. The second-order valence-electron chi connectivity index (χ2n) is 4.35. The van der Waals surface area contributed by atoms with Crippen LogP contribution in [-0.2, 0) is 0 Å². The van der Waals surface area contributed by atoms with Crippen LogP contribution < -0.4 is 16.1 Å². The summed E-state index contributed by atoms with van der Waals surface area (Å²) < 4.78 is 18.2. The standard InChI is InChI=1S/C13H13BrFN5O4/c14-8-5-7(1-2-9(8)15)17-12(19-23)11-10(6-24-20-11)18-13(22)16-3-4-21/h1-2,5-6,21,23H,3-4H2,(H,17,19)(H2,16,18,22). The molecule has 1 heterocycles. The van der Waals surface area contributed by atoms with Gasteiger partial charge < -0.3 is 20.3 Å². The number of nitrogens with one attached hydrogen (secondary N) is 3. The predicted octanol–water partition coefficient (Wildman–Crippen LogP) is 1.75. The first-order valence-electron chi connectivity index (χ1n) is 6.59. The first-order chi connectivity index (χ1) is 11.5. The maximum absolute atomic E-state index is 13.2. The predicted molar refractivity (Wildman–Crippen MR) is 85.8 cm³/mol. The van der Waals surface area contributed by atoms with Crippen molar-refractivity contribution in [1.29, 1.82) is 0 Å². The molecule has 0 aliphatic rings. The Labute approximate surface area is 143 Å². The molecule has 0 aliphatic heterocycles. The first-order valence-corrected chi connectivity index (χ1v) is 7.38. The van der Waals surface area contributed by atoms with E-state index in [4.69, 9.17) is 9.63 Å². The number of halogens is 2. The lowest BCUT2D eigenvalue weighted by molar-refractivity contribution is 0.234. The molecule has 0 atom stereocenters. The van der Waals surface area contributed by atoms with E-state index >= 15 is 0 Å². The Morgan fingerprint density at radius 1 is 1.46 bits per heavy atom. The fourth-order valence-corrected chi connectivity index (χ4v) is 2.01. The fraction of sp³-hybridized carbons (Fsp3) is 0.154. The molecule has 0 saturated carbocycles. The van der Waals surface area contributed by atoms with Crippen molar-refractivity contribution < 1.29 is 24.0 Å². The van der Waals surface area contributed by atoms with Crippen molar-refractivity contribution in [3.05, 3.63) is 40.4 Å². The number of aliphatic imine (C=N–C) groups is 1. The second-order valence-corrected chi connectivity index (χ2v) is 5.21. The summed E-state index contributed by atoms with van der Waals surface area (Å²) in [5, 5.41) is 26.4. The molecule has 2 amide bonds. The number of urea groups is 1. The van der Waals surface area contributed by atoms with E-state index in [0.717, 1.165) is 6.26 Å². The highest BCUT2D eigenvalue weighted by Crippen LogP contribution is 2.23. The molecule has 2 rings (SSSR count). The summed E-state index contributed by atoms with van der Waals surface area (Å²) in [4.78, 5) is 15.7. The molecule has 0 aliphatic carbocycles. The highest BCUT2D eigenvalue weighted by Gasteiger charge is 2.16. The van der Waals surface area contributed by atoms with Gasteiger partial charge in [-0.05, 0) is 34.1 Å². The van der Waals surface area contributed by atoms with Crippen LogP contribution in [0, 0.1) is 5.82 Å². The summed E-state index contributed by atoms with van der Waals surface area (Å²) in [5.41, 5.74) is 2.33. The van der Waals surface area contributed by atoms with Gasteiger partial charge >= 0.3 is 6.03 Å². The highest BCUT2D eigenvalue weighted by atomic mass is 79.9. The molecule has 0 fully saturated rings. The molecule has 0 saturated heterocycles. The van der Waals surface area contributed by atoms with E-state index in [-0.39, 0.29) is 34.8 Å². The van der Waals surface area contributed by atoms with Crippen molar-refractivity contribution in [3.63, 3.8) is 0 Å². The van der Waals surface area contributed by atoms with Crippen LogP contribution in [-0.4, -0.2) is 40.5 Å². The van der Waals surface area contributed by atoms with E-state index in [1.807, 2.05) is 5.48 Å². The molecule has 1 aromatic heterocycles. The van der Waals surface area contributed by atoms with Gasteiger partial charge in [0.15, 0.2) is 11.5 Å². The number of rotatable bonds is 5. The number of amides is 2. The van der Waals surface area contributed by atoms with Crippen LogP contribution in [0.4, 0.5) is 20.6 Å². The lowest BCUT2D eigenvalue weighted by Gasteiger charge is -2.07. The van der Waals surface area contributed by atoms with Crippen molar-refractivity contribution in [2.75, 3.05) is 18.5 Å². The van der Waals surface area contributed by atoms with E-state index in [9.17, 15) is 14.4 Å². The van der Waals surface area contributed by atoms with Crippen molar-refractivity contribution in [2.45, 2.75) is 0 Å². The van der Waals surface area contributed by atoms with Gasteiger partial charge in [0.2, 0.25) is 0 Å². The van der Waals surface area contributed by atoms with E-state index in [1.165, 1.54) is 18.2 Å². The Morgan fingerprint density at radius 3 is 2.92 bits per heavy atom. The molecular weight excluding hydrogens is 389 g/mol. The number of hydrogen-bond acceptors (Lipinski definition) is 6. The van der Waals surface area contributed by atoms with Gasteiger partial charge in [0.1, 0.15) is 17.8 Å². The van der Waals surface area contributed by atoms with E-state index in [0.29, 0.717) is 5.69 Å². The van der Waals surface area contributed by atoms with Gasteiger partial charge in [-0.15, -0.1) is 0 Å². The number of benzene rings is 1. The molecule has 2 aromatic rings. The van der Waals surface area contributed by atoms with E-state index in [1.54, 1.807) is 0 Å². The number of aliphatic hydroxyl groups is 1. The van der Waals surface area contributed by atoms with Crippen molar-refractivity contribution in [2.24, 2.45) is 4.99 Å². The molecule has 0 unspecified atom stereocenters. The third-order valence-electron chi connectivity index (χ3n) is 2.69. The minimum absolute atomic E-state index is 0.0251. The number of anilines is 1. The van der Waals surface area contributed by atoms with Crippen LogP contribution >= 0.6 is 15.9 Å². The zero-order valence-corrected chi connectivity index (χ0v) is 13.7. The largest absolute Gasteiger partial charge is 0.395 e. The number of hydrogen-bond donors (Lipinski definition) is 5. The summed E-state index contributed by atoms with van der Waals surface area (Å²) in [6.45, 7) is -0.149. The normalized spacial score (nSPS) is 11.2. The zero-order valence-electron chi connectivity index (χ0n) is 12.1. The average molecular weight is 402 g/mol. The smallest absolute Gasteiger partial charge is 0.319 e. The lowest BCUT2D eigenvalue weighted by Crippen LogP contribution is -2.32. The summed E-state index contributed by atoms with van der Waals surface area (Å²) in [5.74, 6) is -0.587. The van der Waals surface area contributed by atoms with Crippen LogP contribution in [0.25, 0.3) is 0 Å². The second kappa shape index (κ2) is 8.38. The summed E-state index contributed by atoms with van der Waals surface area (Å²) in [6.07, 6.45) is 1.14. The number of hydroxylamine groups is 1. The Balaban J connectivity index is 2.24. The molecule has 0 spiro atoms. The van der Waals surface area contributed by atoms with Gasteiger partial charge in [0.25, 0.3) is 0 Å². The molecular formula is C13H13BrFN5O4. The van der Waals surface area contributed by atoms with Gasteiger partial charge in [0, 0.05) is 6.54 Å².